The average Bonchev–Trinajstić information content (AvgIpc) is 3.87. The van der Waals surface area contributed by atoms with Gasteiger partial charge in [0.1, 0.15) is 5.82 Å². The molecule has 12 rings (SSSR count). The van der Waals surface area contributed by atoms with Crippen LogP contribution in [0, 0.1) is 0 Å². The Kier molecular flexibility index (Phi) is 4.93. The predicted molar refractivity (Wildman–Crippen MR) is 232 cm³/mol. The van der Waals surface area contributed by atoms with Crippen LogP contribution in [0.5, 0.6) is 0 Å². The van der Waals surface area contributed by atoms with Gasteiger partial charge < -0.3 is 0 Å². The fraction of sp³-hybridized carbons (Fsp3) is 0. The summed E-state index contributed by atoms with van der Waals surface area (Å²) in [5.41, 5.74) is 9.47. The van der Waals surface area contributed by atoms with Gasteiger partial charge in [0.2, 0.25) is 0 Å². The molecule has 2 nitrogen and oxygen atoms in total. The van der Waals surface area contributed by atoms with Gasteiger partial charge in [0.25, 0.3) is 0 Å². The number of aromatic nitrogens is 2. The van der Waals surface area contributed by atoms with E-state index < -0.39 is 24.2 Å². The maximum Gasteiger partial charge on any atom is 0.145 e. The first kappa shape index (κ1) is 23.4. The summed E-state index contributed by atoms with van der Waals surface area (Å²) < 4.78 is 76.1. The maximum absolute atomic E-state index is 9.54. The topological polar surface area (TPSA) is 17.8 Å². The summed E-state index contributed by atoms with van der Waals surface area (Å²) in [6.07, 6.45) is 0. The Morgan fingerprint density at radius 2 is 1.00 bits per heavy atom. The fourth-order valence-corrected chi connectivity index (χ4v) is 8.79. The number of benzene rings is 10. The lowest BCUT2D eigenvalue weighted by atomic mass is 9.84. The maximum atomic E-state index is 9.54. The van der Waals surface area contributed by atoms with E-state index >= 15 is 0 Å². The van der Waals surface area contributed by atoms with Crippen LogP contribution in [0.1, 0.15) is 11.0 Å². The van der Waals surface area contributed by atoms with Crippen molar-refractivity contribution in [2.24, 2.45) is 0 Å². The van der Waals surface area contributed by atoms with E-state index in [1.807, 2.05) is 97.1 Å². The molecule has 254 valence electrons. The second-order valence-corrected chi connectivity index (χ2v) is 14.1. The lowest BCUT2D eigenvalue weighted by Gasteiger charge is -2.19. The molecule has 0 radical (unpaired) electrons. The molecular formula is C53H32N2. The summed E-state index contributed by atoms with van der Waals surface area (Å²) in [4.78, 5) is 5.10. The van der Waals surface area contributed by atoms with Gasteiger partial charge in [0.05, 0.1) is 22.0 Å². The van der Waals surface area contributed by atoms with Gasteiger partial charge >= 0.3 is 0 Å². The third-order valence-corrected chi connectivity index (χ3v) is 11.2. The lowest BCUT2D eigenvalue weighted by molar-refractivity contribution is 1.11. The molecule has 0 unspecified atom stereocenters. The molecule has 0 aliphatic heterocycles. The Balaban J connectivity index is 1.16. The summed E-state index contributed by atoms with van der Waals surface area (Å²) in [6.45, 7) is 0. The zero-order valence-electron chi connectivity index (χ0n) is 37.3. The minimum atomic E-state index is -0.434. The molecule has 0 amide bonds. The van der Waals surface area contributed by atoms with E-state index in [0.29, 0.717) is 28.1 Å². The van der Waals surface area contributed by atoms with Gasteiger partial charge in [0, 0.05) is 11.3 Å². The van der Waals surface area contributed by atoms with Gasteiger partial charge in [-0.3, -0.25) is 4.57 Å². The molecule has 10 aromatic carbocycles. The van der Waals surface area contributed by atoms with E-state index in [1.54, 1.807) is 0 Å². The van der Waals surface area contributed by atoms with Crippen molar-refractivity contribution >= 4 is 54.1 Å². The molecule has 0 spiro atoms. The zero-order valence-corrected chi connectivity index (χ0v) is 29.3. The van der Waals surface area contributed by atoms with Crippen LogP contribution in [0.2, 0.25) is 0 Å². The van der Waals surface area contributed by atoms with Gasteiger partial charge in [-0.1, -0.05) is 170 Å². The summed E-state index contributed by atoms with van der Waals surface area (Å²) in [6, 6.07) is 45.3. The first-order chi connectivity index (χ1) is 30.6. The van der Waals surface area contributed by atoms with E-state index in [0.717, 1.165) is 66.1 Å². The third kappa shape index (κ3) is 4.40. The van der Waals surface area contributed by atoms with E-state index in [9.17, 15) is 5.48 Å². The van der Waals surface area contributed by atoms with Crippen molar-refractivity contribution < 1.29 is 11.0 Å². The van der Waals surface area contributed by atoms with Crippen LogP contribution < -0.4 is 0 Å². The van der Waals surface area contributed by atoms with Crippen molar-refractivity contribution in [3.05, 3.63) is 194 Å². The highest BCUT2D eigenvalue weighted by atomic mass is 15.1. The Hall–Kier alpha value is -7.29. The monoisotopic (exact) mass is 704 g/mol. The van der Waals surface area contributed by atoms with Crippen LogP contribution in [-0.2, 0) is 0 Å². The van der Waals surface area contributed by atoms with Crippen LogP contribution in [-0.4, -0.2) is 9.55 Å². The molecule has 11 aromatic rings. The molecule has 0 atom stereocenters. The molecule has 1 heterocycles. The Morgan fingerprint density at radius 1 is 0.418 bits per heavy atom. The molecule has 1 aromatic heterocycles. The quantitative estimate of drug-likeness (QED) is 0.167. The minimum Gasteiger partial charge on any atom is -0.292 e. The number of imidazole rings is 1. The van der Waals surface area contributed by atoms with Gasteiger partial charge in [-0.25, -0.2) is 4.98 Å². The fourth-order valence-electron chi connectivity index (χ4n) is 8.79. The average molecular weight is 705 g/mol. The molecular weight excluding hydrogens is 665 g/mol. The largest absolute Gasteiger partial charge is 0.292 e. The second-order valence-electron chi connectivity index (χ2n) is 14.1. The van der Waals surface area contributed by atoms with E-state index in [4.69, 9.17) is 10.5 Å². The van der Waals surface area contributed by atoms with Crippen LogP contribution in [0.3, 0.4) is 0 Å². The zero-order chi connectivity index (χ0) is 43.0. The van der Waals surface area contributed by atoms with E-state index in [1.165, 1.54) is 0 Å². The number of fused-ring (bicyclic) bond motifs is 7. The SMILES string of the molecule is [2H]c1c([2H])c([2H])c2c(-c3ccc4c5c(cccc35)-c3ccccc3-4)c3c([2H])c([2H])c([2H])c([2H])c3c(-c3ccc(-c4nc5ccccc5n4-c4ccc5ccccc5c4)cc3)c2c1[2H]. The van der Waals surface area contributed by atoms with Crippen LogP contribution in [0.25, 0.3) is 116 Å². The molecule has 55 heavy (non-hydrogen) atoms. The van der Waals surface area contributed by atoms with Gasteiger partial charge in [-0.2, -0.15) is 0 Å². The molecule has 1 aliphatic carbocycles. The van der Waals surface area contributed by atoms with Crippen LogP contribution in [0.4, 0.5) is 0 Å². The van der Waals surface area contributed by atoms with E-state index in [2.05, 4.69) is 53.1 Å². The summed E-state index contributed by atoms with van der Waals surface area (Å²) in [7, 11) is 0. The molecule has 0 N–H and O–H groups in total. The smallest absolute Gasteiger partial charge is 0.145 e. The number of hydrogen-bond donors (Lipinski definition) is 0. The van der Waals surface area contributed by atoms with Crippen molar-refractivity contribution in [2.45, 2.75) is 0 Å². The highest BCUT2D eigenvalue weighted by molar-refractivity contribution is 6.26. The van der Waals surface area contributed by atoms with Crippen molar-refractivity contribution in [2.75, 3.05) is 0 Å². The highest BCUT2D eigenvalue weighted by Crippen LogP contribution is 2.51. The van der Waals surface area contributed by atoms with Gasteiger partial charge in [-0.05, 0) is 112 Å². The first-order valence-electron chi connectivity index (χ1n) is 22.3. The summed E-state index contributed by atoms with van der Waals surface area (Å²) in [5, 5.41) is 4.74. The number of nitrogens with zero attached hydrogens (tertiary/aromatic N) is 2. The summed E-state index contributed by atoms with van der Waals surface area (Å²) in [5.74, 6) is 0.695. The molecule has 0 fully saturated rings. The number of para-hydroxylation sites is 2. The second kappa shape index (κ2) is 11.6. The molecule has 0 saturated carbocycles. The Labute approximate surface area is 329 Å². The Morgan fingerprint density at radius 3 is 1.75 bits per heavy atom. The number of rotatable bonds is 4. The third-order valence-electron chi connectivity index (χ3n) is 11.2. The molecule has 1 aliphatic rings. The minimum absolute atomic E-state index is 0.177. The van der Waals surface area contributed by atoms with Crippen molar-refractivity contribution in [1.29, 1.82) is 0 Å². The van der Waals surface area contributed by atoms with Crippen molar-refractivity contribution in [3.63, 3.8) is 0 Å². The molecule has 0 bridgehead atoms. The predicted octanol–water partition coefficient (Wildman–Crippen LogP) is 14.3. The lowest BCUT2D eigenvalue weighted by Crippen LogP contribution is -1.98. The normalized spacial score (nSPS) is 14.0. The van der Waals surface area contributed by atoms with Crippen LogP contribution in [0.15, 0.2) is 194 Å². The van der Waals surface area contributed by atoms with Crippen molar-refractivity contribution in [1.82, 2.24) is 9.55 Å². The molecule has 2 heteroatoms. The van der Waals surface area contributed by atoms with Crippen molar-refractivity contribution in [3.8, 4) is 61.6 Å². The standard InChI is InChI=1S/C53H32N2/c1-2-13-36-32-37(29-28-33(36)12-1)55-49-23-10-9-22-48(49)54-53(55)35-26-24-34(25-27-35)50-41-16-5-7-18-43(41)52(44-19-8-6-17-42(44)50)47-31-30-46-39-15-4-3-14-38(39)40-20-11-21-45(47)51(40)46/h1-32H/i5D,6D,7D,8D,16D,17D,18D,19D. The molecule has 0 saturated heterocycles. The van der Waals surface area contributed by atoms with Crippen LogP contribution >= 0.6 is 0 Å². The van der Waals surface area contributed by atoms with E-state index in [-0.39, 0.29) is 45.7 Å². The van der Waals surface area contributed by atoms with Gasteiger partial charge in [-0.15, -0.1) is 0 Å². The number of hydrogen-bond acceptors (Lipinski definition) is 1. The van der Waals surface area contributed by atoms with Gasteiger partial charge in [0.15, 0.2) is 0 Å². The highest BCUT2D eigenvalue weighted by Gasteiger charge is 2.24. The summed E-state index contributed by atoms with van der Waals surface area (Å²) >= 11 is 0. The first-order valence-corrected chi connectivity index (χ1v) is 18.3. The Bertz CT molecular complexity index is 3730.